The highest BCUT2D eigenvalue weighted by atomic mass is 35.5. The van der Waals surface area contributed by atoms with Crippen LogP contribution in [-0.2, 0) is 13.1 Å². The molecule has 2 aliphatic rings. The number of para-hydroxylation sites is 1. The molecule has 2 aromatic rings. The molecule has 1 aromatic carbocycles. The van der Waals surface area contributed by atoms with Gasteiger partial charge in [-0.05, 0) is 25.8 Å². The first-order valence-electron chi connectivity index (χ1n) is 9.23. The van der Waals surface area contributed by atoms with Crippen molar-refractivity contribution in [2.75, 3.05) is 19.6 Å². The number of fused-ring (bicyclic) bond motifs is 1. The molecule has 0 atom stereocenters. The molecule has 4 rings (SSSR count). The molecule has 0 radical (unpaired) electrons. The summed E-state index contributed by atoms with van der Waals surface area (Å²) in [7, 11) is 0. The zero-order chi connectivity index (χ0) is 15.7. The average Bonchev–Trinajstić information content (AvgIpc) is 2.96. The highest BCUT2D eigenvalue weighted by Crippen LogP contribution is 2.36. The lowest BCUT2D eigenvalue weighted by Gasteiger charge is -2.49. The van der Waals surface area contributed by atoms with E-state index in [4.69, 9.17) is 5.10 Å². The maximum Gasteiger partial charge on any atom is 0.0843 e. The SMILES string of the molecule is CCn1nc(CN2CCNCC23CCCCC3)c2ccccc21.Cl. The molecule has 1 saturated carbocycles. The van der Waals surface area contributed by atoms with Crippen LogP contribution in [0.5, 0.6) is 0 Å². The highest BCUT2D eigenvalue weighted by molar-refractivity contribution is 5.85. The van der Waals surface area contributed by atoms with Crippen LogP contribution < -0.4 is 5.32 Å². The number of rotatable bonds is 3. The molecule has 1 spiro atoms. The second-order valence-electron chi connectivity index (χ2n) is 7.16. The first-order valence-corrected chi connectivity index (χ1v) is 9.23. The van der Waals surface area contributed by atoms with Crippen molar-refractivity contribution in [3.8, 4) is 0 Å². The van der Waals surface area contributed by atoms with Gasteiger partial charge in [-0.25, -0.2) is 0 Å². The lowest BCUT2D eigenvalue weighted by molar-refractivity contribution is 0.0201. The van der Waals surface area contributed by atoms with Crippen molar-refractivity contribution in [1.29, 1.82) is 0 Å². The van der Waals surface area contributed by atoms with Gasteiger partial charge in [0.15, 0.2) is 0 Å². The van der Waals surface area contributed by atoms with Crippen molar-refractivity contribution in [2.24, 2.45) is 0 Å². The Kier molecular flexibility index (Phi) is 5.48. The Morgan fingerprint density at radius 3 is 2.75 bits per heavy atom. The summed E-state index contributed by atoms with van der Waals surface area (Å²) < 4.78 is 2.15. The van der Waals surface area contributed by atoms with E-state index in [0.717, 1.165) is 32.7 Å². The summed E-state index contributed by atoms with van der Waals surface area (Å²) in [6, 6.07) is 8.69. The van der Waals surface area contributed by atoms with Gasteiger partial charge in [-0.15, -0.1) is 12.4 Å². The second-order valence-corrected chi connectivity index (χ2v) is 7.16. The standard InChI is InChI=1S/C19H28N4.ClH/c1-2-23-18-9-5-4-8-16(18)17(21-23)14-22-13-12-20-15-19(22)10-6-3-7-11-19;/h4-5,8-9,20H,2-3,6-7,10-15H2,1H3;1H. The molecule has 24 heavy (non-hydrogen) atoms. The van der Waals surface area contributed by atoms with Gasteiger partial charge in [0, 0.05) is 43.6 Å². The molecule has 0 bridgehead atoms. The van der Waals surface area contributed by atoms with Crippen molar-refractivity contribution in [1.82, 2.24) is 20.0 Å². The summed E-state index contributed by atoms with van der Waals surface area (Å²) in [5, 5.41) is 9.91. The minimum Gasteiger partial charge on any atom is -0.314 e. The van der Waals surface area contributed by atoms with Crippen LogP contribution in [0.2, 0.25) is 0 Å². The highest BCUT2D eigenvalue weighted by Gasteiger charge is 2.39. The molecule has 2 heterocycles. The molecule has 1 N–H and O–H groups in total. The van der Waals surface area contributed by atoms with Gasteiger partial charge in [0.2, 0.25) is 0 Å². The zero-order valence-corrected chi connectivity index (χ0v) is 15.4. The molecule has 0 unspecified atom stereocenters. The number of aromatic nitrogens is 2. The van der Waals surface area contributed by atoms with E-state index in [9.17, 15) is 0 Å². The van der Waals surface area contributed by atoms with Gasteiger partial charge < -0.3 is 5.32 Å². The number of nitrogens with zero attached hydrogens (tertiary/aromatic N) is 3. The van der Waals surface area contributed by atoms with Crippen LogP contribution in [-0.4, -0.2) is 39.9 Å². The summed E-state index contributed by atoms with van der Waals surface area (Å²) in [6.45, 7) is 7.51. The number of piperazine rings is 1. The smallest absolute Gasteiger partial charge is 0.0843 e. The molecule has 4 nitrogen and oxygen atoms in total. The molecular weight excluding hydrogens is 320 g/mol. The van der Waals surface area contributed by atoms with E-state index in [1.165, 1.54) is 48.7 Å². The average molecular weight is 349 g/mol. The Hall–Kier alpha value is -1.10. The topological polar surface area (TPSA) is 33.1 Å². The second kappa shape index (κ2) is 7.42. The molecule has 1 aromatic heterocycles. The van der Waals surface area contributed by atoms with E-state index >= 15 is 0 Å². The van der Waals surface area contributed by atoms with Crippen LogP contribution >= 0.6 is 12.4 Å². The van der Waals surface area contributed by atoms with E-state index in [2.05, 4.69) is 46.1 Å². The molecule has 2 fully saturated rings. The fourth-order valence-corrected chi connectivity index (χ4v) is 4.57. The van der Waals surface area contributed by atoms with E-state index in [1.54, 1.807) is 0 Å². The third-order valence-electron chi connectivity index (χ3n) is 5.84. The van der Waals surface area contributed by atoms with Crippen molar-refractivity contribution in [2.45, 2.75) is 57.7 Å². The molecule has 1 aliphatic heterocycles. The molecular formula is C19H29ClN4. The summed E-state index contributed by atoms with van der Waals surface area (Å²) in [6.07, 6.45) is 6.84. The van der Waals surface area contributed by atoms with Crippen LogP contribution in [0.4, 0.5) is 0 Å². The van der Waals surface area contributed by atoms with E-state index in [0.29, 0.717) is 5.54 Å². The molecule has 1 aliphatic carbocycles. The Bertz CT molecular complexity index is 667. The Balaban J connectivity index is 0.00000169. The van der Waals surface area contributed by atoms with Gasteiger partial charge >= 0.3 is 0 Å². The fourth-order valence-electron chi connectivity index (χ4n) is 4.57. The summed E-state index contributed by atoms with van der Waals surface area (Å²) in [5.41, 5.74) is 2.90. The lowest BCUT2D eigenvalue weighted by atomic mass is 9.79. The van der Waals surface area contributed by atoms with Crippen LogP contribution in [0.3, 0.4) is 0 Å². The van der Waals surface area contributed by atoms with Crippen LogP contribution in [0, 0.1) is 0 Å². The molecule has 1 saturated heterocycles. The zero-order valence-electron chi connectivity index (χ0n) is 14.6. The number of hydrogen-bond acceptors (Lipinski definition) is 3. The van der Waals surface area contributed by atoms with Crippen molar-refractivity contribution in [3.05, 3.63) is 30.0 Å². The normalized spacial score (nSPS) is 21.0. The quantitative estimate of drug-likeness (QED) is 0.920. The van der Waals surface area contributed by atoms with E-state index in [1.807, 2.05) is 0 Å². The number of hydrogen-bond donors (Lipinski definition) is 1. The predicted molar refractivity (Wildman–Crippen MR) is 102 cm³/mol. The molecule has 132 valence electrons. The van der Waals surface area contributed by atoms with Crippen molar-refractivity contribution in [3.63, 3.8) is 0 Å². The fraction of sp³-hybridized carbons (Fsp3) is 0.632. The first-order chi connectivity index (χ1) is 11.3. The van der Waals surface area contributed by atoms with Gasteiger partial charge in [-0.1, -0.05) is 37.5 Å². The summed E-state index contributed by atoms with van der Waals surface area (Å²) in [5.74, 6) is 0. The lowest BCUT2D eigenvalue weighted by Crippen LogP contribution is -2.61. The largest absolute Gasteiger partial charge is 0.314 e. The van der Waals surface area contributed by atoms with E-state index < -0.39 is 0 Å². The van der Waals surface area contributed by atoms with Gasteiger partial charge in [0.25, 0.3) is 0 Å². The minimum atomic E-state index is 0. The number of halogens is 1. The third kappa shape index (κ3) is 3.07. The van der Waals surface area contributed by atoms with Gasteiger partial charge in [-0.2, -0.15) is 5.10 Å². The maximum absolute atomic E-state index is 4.93. The molecule has 0 amide bonds. The third-order valence-corrected chi connectivity index (χ3v) is 5.84. The molecule has 5 heteroatoms. The Morgan fingerprint density at radius 1 is 1.17 bits per heavy atom. The number of aryl methyl sites for hydroxylation is 1. The van der Waals surface area contributed by atoms with Crippen LogP contribution in [0.25, 0.3) is 10.9 Å². The van der Waals surface area contributed by atoms with Crippen molar-refractivity contribution >= 4 is 23.3 Å². The summed E-state index contributed by atoms with van der Waals surface area (Å²) in [4.78, 5) is 2.73. The van der Waals surface area contributed by atoms with Crippen LogP contribution in [0.15, 0.2) is 24.3 Å². The van der Waals surface area contributed by atoms with E-state index in [-0.39, 0.29) is 12.4 Å². The Morgan fingerprint density at radius 2 is 1.96 bits per heavy atom. The Labute approximate surface area is 151 Å². The number of nitrogens with one attached hydrogen (secondary N) is 1. The van der Waals surface area contributed by atoms with Crippen LogP contribution in [0.1, 0.15) is 44.7 Å². The number of benzene rings is 1. The summed E-state index contributed by atoms with van der Waals surface area (Å²) >= 11 is 0. The van der Waals surface area contributed by atoms with Gasteiger partial charge in [0.1, 0.15) is 0 Å². The predicted octanol–water partition coefficient (Wildman–Crippen LogP) is 3.59. The maximum atomic E-state index is 4.93. The monoisotopic (exact) mass is 348 g/mol. The first kappa shape index (κ1) is 17.7. The van der Waals surface area contributed by atoms with Crippen molar-refractivity contribution < 1.29 is 0 Å². The van der Waals surface area contributed by atoms with Gasteiger partial charge in [-0.3, -0.25) is 9.58 Å². The minimum absolute atomic E-state index is 0. The van der Waals surface area contributed by atoms with Gasteiger partial charge in [0.05, 0.1) is 11.2 Å².